The summed E-state index contributed by atoms with van der Waals surface area (Å²) in [4.78, 5) is 28.5. The van der Waals surface area contributed by atoms with Gasteiger partial charge < -0.3 is 10.1 Å². The Morgan fingerprint density at radius 1 is 1.25 bits per heavy atom. The Kier molecular flexibility index (Phi) is 7.01. The standard InChI is InChI=1S/C19H18ClF3N2O3/c1-3-28-18(27)15(16-14(20)8-13(10-24-16)19(21,22)23)17(26)25-9-12-6-4-11(2)5-7-12/h4-8,10,15H,3,9H2,1-2H3,(H,25,26)/t15-/m0/s1. The number of carbonyl (C=O) groups excluding carboxylic acids is 2. The minimum atomic E-state index is -4.65. The number of amides is 1. The van der Waals surface area contributed by atoms with Gasteiger partial charge in [-0.2, -0.15) is 13.2 Å². The number of alkyl halides is 3. The molecule has 0 spiro atoms. The van der Waals surface area contributed by atoms with Crippen molar-refractivity contribution in [3.63, 3.8) is 0 Å². The number of hydrogen-bond donors (Lipinski definition) is 1. The van der Waals surface area contributed by atoms with Gasteiger partial charge >= 0.3 is 12.1 Å². The lowest BCUT2D eigenvalue weighted by atomic mass is 10.0. The maximum Gasteiger partial charge on any atom is 0.417 e. The lowest BCUT2D eigenvalue weighted by Crippen LogP contribution is -2.35. The zero-order valence-corrected chi connectivity index (χ0v) is 15.9. The molecule has 0 fully saturated rings. The summed E-state index contributed by atoms with van der Waals surface area (Å²) in [7, 11) is 0. The maximum absolute atomic E-state index is 12.8. The largest absolute Gasteiger partial charge is 0.465 e. The first kappa shape index (κ1) is 21.7. The van der Waals surface area contributed by atoms with Crippen molar-refractivity contribution < 1.29 is 27.5 Å². The van der Waals surface area contributed by atoms with Crippen LogP contribution in [0.4, 0.5) is 13.2 Å². The summed E-state index contributed by atoms with van der Waals surface area (Å²) in [6.07, 6.45) is -4.12. The van der Waals surface area contributed by atoms with Crippen LogP contribution in [0.3, 0.4) is 0 Å². The summed E-state index contributed by atoms with van der Waals surface area (Å²) >= 11 is 5.90. The van der Waals surface area contributed by atoms with Crippen LogP contribution in [0.25, 0.3) is 0 Å². The van der Waals surface area contributed by atoms with Crippen LogP contribution >= 0.6 is 11.6 Å². The average Bonchev–Trinajstić information content (AvgIpc) is 2.62. The molecule has 2 rings (SSSR count). The predicted molar refractivity (Wildman–Crippen MR) is 96.6 cm³/mol. The average molecular weight is 415 g/mol. The summed E-state index contributed by atoms with van der Waals surface area (Å²) in [6.45, 7) is 3.56. The van der Waals surface area contributed by atoms with E-state index in [0.717, 1.165) is 11.1 Å². The minimum absolute atomic E-state index is 0.0151. The zero-order chi connectivity index (χ0) is 20.9. The predicted octanol–water partition coefficient (Wildman–Crippen LogP) is 4.03. The number of ether oxygens (including phenoxy) is 1. The number of esters is 1. The third-order valence-electron chi connectivity index (χ3n) is 3.84. The van der Waals surface area contributed by atoms with E-state index in [-0.39, 0.29) is 18.8 Å². The number of nitrogens with one attached hydrogen (secondary N) is 1. The van der Waals surface area contributed by atoms with E-state index in [1.165, 1.54) is 0 Å². The Labute approximate surface area is 164 Å². The van der Waals surface area contributed by atoms with Gasteiger partial charge in [0.25, 0.3) is 0 Å². The van der Waals surface area contributed by atoms with Crippen molar-refractivity contribution in [3.05, 3.63) is 63.9 Å². The van der Waals surface area contributed by atoms with Crippen LogP contribution in [0.1, 0.15) is 35.2 Å². The fourth-order valence-electron chi connectivity index (χ4n) is 2.38. The Morgan fingerprint density at radius 2 is 1.89 bits per heavy atom. The van der Waals surface area contributed by atoms with E-state index in [1.807, 2.05) is 19.1 Å². The van der Waals surface area contributed by atoms with Gasteiger partial charge in [-0.05, 0) is 25.5 Å². The molecule has 1 amide bonds. The molecule has 0 aliphatic rings. The molecule has 150 valence electrons. The number of aryl methyl sites for hydroxylation is 1. The molecule has 0 saturated heterocycles. The molecule has 0 saturated carbocycles. The number of carbonyl (C=O) groups is 2. The minimum Gasteiger partial charge on any atom is -0.465 e. The van der Waals surface area contributed by atoms with Gasteiger partial charge in [0.15, 0.2) is 5.92 Å². The molecule has 1 heterocycles. The van der Waals surface area contributed by atoms with Crippen molar-refractivity contribution in [3.8, 4) is 0 Å². The first-order valence-corrected chi connectivity index (χ1v) is 8.73. The van der Waals surface area contributed by atoms with Crippen LogP contribution < -0.4 is 5.32 Å². The van der Waals surface area contributed by atoms with Crippen molar-refractivity contribution in [2.24, 2.45) is 0 Å². The van der Waals surface area contributed by atoms with Gasteiger partial charge in [-0.15, -0.1) is 0 Å². The van der Waals surface area contributed by atoms with E-state index >= 15 is 0 Å². The SMILES string of the molecule is CCOC(=O)[C@H](C(=O)NCc1ccc(C)cc1)c1ncc(C(F)(F)F)cc1Cl. The van der Waals surface area contributed by atoms with Crippen molar-refractivity contribution in [1.29, 1.82) is 0 Å². The highest BCUT2D eigenvalue weighted by Gasteiger charge is 2.36. The van der Waals surface area contributed by atoms with Crippen LogP contribution in [-0.4, -0.2) is 23.5 Å². The Bertz CT molecular complexity index is 854. The van der Waals surface area contributed by atoms with E-state index < -0.39 is 34.6 Å². The van der Waals surface area contributed by atoms with Crippen molar-refractivity contribution in [1.82, 2.24) is 10.3 Å². The van der Waals surface area contributed by atoms with Crippen molar-refractivity contribution in [2.75, 3.05) is 6.61 Å². The number of pyridine rings is 1. The van der Waals surface area contributed by atoms with Gasteiger partial charge in [-0.3, -0.25) is 14.6 Å². The van der Waals surface area contributed by atoms with Gasteiger partial charge in [0.2, 0.25) is 5.91 Å². The summed E-state index contributed by atoms with van der Waals surface area (Å²) in [6, 6.07) is 7.96. The normalized spacial score (nSPS) is 12.4. The van der Waals surface area contributed by atoms with Gasteiger partial charge in [-0.25, -0.2) is 0 Å². The second kappa shape index (κ2) is 9.05. The van der Waals surface area contributed by atoms with E-state index in [1.54, 1.807) is 19.1 Å². The summed E-state index contributed by atoms with van der Waals surface area (Å²) in [5.41, 5.74) is 0.451. The summed E-state index contributed by atoms with van der Waals surface area (Å²) in [5, 5.41) is 2.12. The van der Waals surface area contributed by atoms with Crippen molar-refractivity contribution >= 4 is 23.5 Å². The number of aromatic nitrogens is 1. The molecule has 1 atom stereocenters. The highest BCUT2D eigenvalue weighted by Crippen LogP contribution is 2.33. The van der Waals surface area contributed by atoms with E-state index in [4.69, 9.17) is 16.3 Å². The number of rotatable bonds is 6. The lowest BCUT2D eigenvalue weighted by molar-refractivity contribution is -0.148. The van der Waals surface area contributed by atoms with Crippen LogP contribution in [0, 0.1) is 6.92 Å². The highest BCUT2D eigenvalue weighted by molar-refractivity contribution is 6.32. The molecule has 1 N–H and O–H groups in total. The lowest BCUT2D eigenvalue weighted by Gasteiger charge is -2.17. The molecule has 0 aliphatic carbocycles. The molecule has 1 aromatic carbocycles. The van der Waals surface area contributed by atoms with E-state index in [0.29, 0.717) is 12.3 Å². The molecule has 2 aromatic rings. The smallest absolute Gasteiger partial charge is 0.417 e. The number of hydrogen-bond acceptors (Lipinski definition) is 4. The topological polar surface area (TPSA) is 68.3 Å². The molecule has 5 nitrogen and oxygen atoms in total. The second-order valence-electron chi connectivity index (χ2n) is 5.98. The molecule has 0 radical (unpaired) electrons. The molecular formula is C19H18ClF3N2O3. The van der Waals surface area contributed by atoms with Crippen LogP contribution in [0.5, 0.6) is 0 Å². The van der Waals surface area contributed by atoms with Gasteiger partial charge in [0.1, 0.15) is 0 Å². The third-order valence-corrected chi connectivity index (χ3v) is 4.14. The van der Waals surface area contributed by atoms with Gasteiger partial charge in [-0.1, -0.05) is 41.4 Å². The third kappa shape index (κ3) is 5.45. The monoisotopic (exact) mass is 414 g/mol. The zero-order valence-electron chi connectivity index (χ0n) is 15.1. The molecule has 0 unspecified atom stereocenters. The first-order chi connectivity index (χ1) is 13.1. The molecule has 1 aromatic heterocycles. The Morgan fingerprint density at radius 3 is 2.43 bits per heavy atom. The number of benzene rings is 1. The Hall–Kier alpha value is -2.61. The summed E-state index contributed by atoms with van der Waals surface area (Å²) in [5.74, 6) is -3.30. The molecular weight excluding hydrogens is 397 g/mol. The Balaban J connectivity index is 2.27. The van der Waals surface area contributed by atoms with Crippen LogP contribution in [-0.2, 0) is 27.0 Å². The van der Waals surface area contributed by atoms with E-state index in [9.17, 15) is 22.8 Å². The van der Waals surface area contributed by atoms with Gasteiger partial charge in [0.05, 0.1) is 22.9 Å². The molecule has 28 heavy (non-hydrogen) atoms. The first-order valence-electron chi connectivity index (χ1n) is 8.36. The number of nitrogens with zero attached hydrogens (tertiary/aromatic N) is 1. The van der Waals surface area contributed by atoms with Crippen LogP contribution in [0.15, 0.2) is 36.5 Å². The second-order valence-corrected chi connectivity index (χ2v) is 6.38. The highest BCUT2D eigenvalue weighted by atomic mass is 35.5. The van der Waals surface area contributed by atoms with Crippen molar-refractivity contribution in [2.45, 2.75) is 32.5 Å². The fourth-order valence-corrected chi connectivity index (χ4v) is 2.66. The van der Waals surface area contributed by atoms with Gasteiger partial charge in [0, 0.05) is 12.7 Å². The molecule has 0 aliphatic heterocycles. The molecule has 0 bridgehead atoms. The number of halogens is 4. The fraction of sp³-hybridized carbons (Fsp3) is 0.316. The summed E-state index contributed by atoms with van der Waals surface area (Å²) < 4.78 is 43.3. The quantitative estimate of drug-likeness (QED) is 0.572. The maximum atomic E-state index is 12.8. The molecule has 9 heteroatoms. The van der Waals surface area contributed by atoms with Crippen LogP contribution in [0.2, 0.25) is 5.02 Å². The van der Waals surface area contributed by atoms with E-state index in [2.05, 4.69) is 10.3 Å².